The molecule has 80 valence electrons. The molecule has 0 aromatic heterocycles. The van der Waals surface area contributed by atoms with Crippen molar-refractivity contribution >= 4 is 12.4 Å². The van der Waals surface area contributed by atoms with Crippen LogP contribution in [0.3, 0.4) is 0 Å². The molecule has 0 unspecified atom stereocenters. The highest BCUT2D eigenvalue weighted by Gasteiger charge is 2.16. The van der Waals surface area contributed by atoms with Gasteiger partial charge in [0.2, 0.25) is 6.41 Å². The number of amides is 1. The molecule has 0 aliphatic heterocycles. The Morgan fingerprint density at radius 2 is 2.20 bits per heavy atom. The lowest BCUT2D eigenvalue weighted by atomic mass is 10.1. The van der Waals surface area contributed by atoms with Gasteiger partial charge < -0.3 is 5.11 Å². The lowest BCUT2D eigenvalue weighted by Gasteiger charge is -2.12. The van der Waals surface area contributed by atoms with Gasteiger partial charge in [0.05, 0.1) is 0 Å². The van der Waals surface area contributed by atoms with Crippen molar-refractivity contribution < 1.29 is 16.1 Å². The summed E-state index contributed by atoms with van der Waals surface area (Å²) in [5.41, 5.74) is 3.42. The minimum Gasteiger partial charge on any atom is -0.480 e. The zero-order chi connectivity index (χ0) is 12.0. The molecule has 1 aromatic carbocycles. The van der Waals surface area contributed by atoms with E-state index in [9.17, 15) is 9.59 Å². The van der Waals surface area contributed by atoms with Gasteiger partial charge in [0.25, 0.3) is 0 Å². The number of carbonyl (C=O) groups excluding carboxylic acids is 1. The van der Waals surface area contributed by atoms with E-state index < -0.39 is 12.0 Å². The Morgan fingerprint density at radius 3 is 2.73 bits per heavy atom. The number of benzene rings is 1. The second-order valence-corrected chi connectivity index (χ2v) is 2.94. The molecule has 0 saturated heterocycles. The number of hydrogen-bond donors (Lipinski definition) is 3. The van der Waals surface area contributed by atoms with Crippen molar-refractivity contribution in [3.8, 4) is 0 Å². The fourth-order valence-corrected chi connectivity index (χ4v) is 1.16. The van der Waals surface area contributed by atoms with Gasteiger partial charge in [0, 0.05) is 6.42 Å². The van der Waals surface area contributed by atoms with Gasteiger partial charge in [-0.25, -0.2) is 5.43 Å². The third-order valence-electron chi connectivity index (χ3n) is 1.86. The molecule has 1 atom stereocenters. The molecule has 0 heterocycles. The van der Waals surface area contributed by atoms with Gasteiger partial charge in [-0.05, 0) is 5.56 Å². The third-order valence-corrected chi connectivity index (χ3v) is 1.86. The Balaban J connectivity index is 2.65. The quantitative estimate of drug-likeness (QED) is 0.453. The number of carbonyl (C=O) groups is 2. The number of carboxylic acids is 1. The molecule has 5 heteroatoms. The summed E-state index contributed by atoms with van der Waals surface area (Å²) < 4.78 is 7.00. The fraction of sp³-hybridized carbons (Fsp3) is 0.200. The number of hydrazine groups is 1. The molecule has 0 aliphatic carbocycles. The monoisotopic (exact) mass is 209 g/mol. The smallest absolute Gasteiger partial charge is 0.322 e. The van der Waals surface area contributed by atoms with Crippen LogP contribution in [0.4, 0.5) is 0 Å². The number of aliphatic carboxylic acids is 1. The van der Waals surface area contributed by atoms with Crippen molar-refractivity contribution in [1.82, 2.24) is 10.8 Å². The number of carboxylic acid groups (broad SMARTS) is 1. The van der Waals surface area contributed by atoms with E-state index in [0.717, 1.165) is 5.56 Å². The first-order chi connectivity index (χ1) is 7.63. The number of nitrogens with one attached hydrogen (secondary N) is 2. The Bertz CT molecular complexity index is 358. The summed E-state index contributed by atoms with van der Waals surface area (Å²) in [6, 6.07) is 8.00. The summed E-state index contributed by atoms with van der Waals surface area (Å²) in [6.07, 6.45) is 0.403. The molecule has 5 nitrogen and oxygen atoms in total. The van der Waals surface area contributed by atoms with Crippen LogP contribution in [0.2, 0.25) is 1.41 Å². The predicted molar refractivity (Wildman–Crippen MR) is 53.9 cm³/mol. The van der Waals surface area contributed by atoms with Crippen LogP contribution in [-0.2, 0) is 16.0 Å². The highest BCUT2D eigenvalue weighted by molar-refractivity contribution is 5.74. The summed E-state index contributed by atoms with van der Waals surface area (Å²) in [5.74, 6) is -1.11. The van der Waals surface area contributed by atoms with E-state index >= 15 is 0 Å². The van der Waals surface area contributed by atoms with Crippen molar-refractivity contribution in [2.45, 2.75) is 12.5 Å². The summed E-state index contributed by atoms with van der Waals surface area (Å²) in [6.45, 7) is 0. The second kappa shape index (κ2) is 5.77. The summed E-state index contributed by atoms with van der Waals surface area (Å²) in [7, 11) is 0. The van der Waals surface area contributed by atoms with Crippen molar-refractivity contribution in [2.75, 3.05) is 0 Å². The van der Waals surface area contributed by atoms with E-state index in [4.69, 9.17) is 6.52 Å². The maximum Gasteiger partial charge on any atom is 0.322 e. The molecular formula is C10H12N2O3. The van der Waals surface area contributed by atoms with E-state index in [2.05, 4.69) is 5.43 Å². The molecule has 3 N–H and O–H groups in total. The largest absolute Gasteiger partial charge is 0.480 e. The molecule has 1 aromatic rings. The molecule has 15 heavy (non-hydrogen) atoms. The van der Waals surface area contributed by atoms with Crippen molar-refractivity contribution in [3.63, 3.8) is 0 Å². The predicted octanol–water partition coefficient (Wildman–Crippen LogP) is -0.0671. The van der Waals surface area contributed by atoms with Crippen molar-refractivity contribution in [2.24, 2.45) is 0 Å². The molecule has 0 radical (unpaired) electrons. The Kier molecular flexibility index (Phi) is 3.72. The lowest BCUT2D eigenvalue weighted by molar-refractivity contribution is -0.139. The fourth-order valence-electron chi connectivity index (χ4n) is 1.16. The number of hydrogen-bond acceptors (Lipinski definition) is 3. The van der Waals surface area contributed by atoms with Gasteiger partial charge in [-0.3, -0.25) is 15.0 Å². The van der Waals surface area contributed by atoms with Gasteiger partial charge in [-0.2, -0.15) is 0 Å². The van der Waals surface area contributed by atoms with Crippen LogP contribution in [0.15, 0.2) is 30.3 Å². The van der Waals surface area contributed by atoms with Crippen molar-refractivity contribution in [1.29, 1.82) is 0 Å². The topological polar surface area (TPSA) is 78.4 Å². The van der Waals surface area contributed by atoms with Gasteiger partial charge in [0.15, 0.2) is 1.41 Å². The first-order valence-corrected chi connectivity index (χ1v) is 4.40. The van der Waals surface area contributed by atoms with E-state index in [1.165, 1.54) is 0 Å². The van der Waals surface area contributed by atoms with Gasteiger partial charge in [-0.1, -0.05) is 30.3 Å². The highest BCUT2D eigenvalue weighted by Crippen LogP contribution is 2.02. The molecule has 0 bridgehead atoms. The average molecular weight is 209 g/mol. The first-order valence-electron chi connectivity index (χ1n) is 4.84. The van der Waals surface area contributed by atoms with E-state index in [-0.39, 0.29) is 12.8 Å². The molecular weight excluding hydrogens is 196 g/mol. The summed E-state index contributed by atoms with van der Waals surface area (Å²) >= 11 is 0. The van der Waals surface area contributed by atoms with Crippen LogP contribution in [0.1, 0.15) is 5.56 Å². The van der Waals surface area contributed by atoms with Crippen LogP contribution < -0.4 is 10.8 Å². The molecule has 0 fully saturated rings. The number of rotatable bonds is 6. The van der Waals surface area contributed by atoms with Crippen LogP contribution >= 0.6 is 0 Å². The normalized spacial score (nSPS) is 12.7. The minimum atomic E-state index is -1.11. The van der Waals surface area contributed by atoms with Crippen molar-refractivity contribution in [3.05, 3.63) is 35.9 Å². The van der Waals surface area contributed by atoms with E-state index in [1.54, 1.807) is 24.3 Å². The molecule has 0 aliphatic rings. The van der Waals surface area contributed by atoms with E-state index in [1.807, 2.05) is 6.07 Å². The van der Waals surface area contributed by atoms with Crippen LogP contribution in [0, 0.1) is 0 Å². The zero-order valence-electron chi connectivity index (χ0n) is 8.96. The van der Waals surface area contributed by atoms with Crippen LogP contribution in [0.5, 0.6) is 0 Å². The van der Waals surface area contributed by atoms with Gasteiger partial charge in [-0.15, -0.1) is 0 Å². The second-order valence-electron chi connectivity index (χ2n) is 2.94. The minimum absolute atomic E-state index is 0.195. The van der Waals surface area contributed by atoms with Crippen LogP contribution in [0.25, 0.3) is 0 Å². The molecule has 0 saturated carbocycles. The maximum absolute atomic E-state index is 10.9. The summed E-state index contributed by atoms with van der Waals surface area (Å²) in [4.78, 5) is 21.1. The molecule has 0 spiro atoms. The molecule has 1 amide bonds. The third kappa shape index (κ3) is 3.78. The average Bonchev–Trinajstić information content (AvgIpc) is 2.29. The van der Waals surface area contributed by atoms with Gasteiger partial charge >= 0.3 is 5.97 Å². The zero-order valence-corrected chi connectivity index (χ0v) is 7.96. The van der Waals surface area contributed by atoms with Crippen LogP contribution in [-0.4, -0.2) is 23.5 Å². The Morgan fingerprint density at radius 1 is 1.53 bits per heavy atom. The van der Waals surface area contributed by atoms with E-state index in [0.29, 0.717) is 5.42 Å². The van der Waals surface area contributed by atoms with Gasteiger partial charge in [0.1, 0.15) is 6.04 Å². The maximum atomic E-state index is 10.9. The Hall–Kier alpha value is -1.88. The lowest BCUT2D eigenvalue weighted by Crippen LogP contribution is -2.46. The standard InChI is InChI=1S/C10H12N2O3/c13-7-11-12-9(10(14)15)6-8-4-2-1-3-5-8/h1-5,7,9,12H,6H2,(H,11,13)(H,14,15)/t9-/m0/s1/i/hD. The first kappa shape index (κ1) is 9.67. The summed E-state index contributed by atoms with van der Waals surface area (Å²) in [5, 5.41) is 8.89. The molecule has 1 rings (SSSR count). The highest BCUT2D eigenvalue weighted by atomic mass is 16.4. The SMILES string of the molecule is [2H]N(C=O)N[C@@H](Cc1ccccc1)C(=O)O. The Labute approximate surface area is 88.5 Å².